The molecule has 0 bridgehead atoms. The van der Waals surface area contributed by atoms with Gasteiger partial charge in [-0.1, -0.05) is 5.16 Å². The van der Waals surface area contributed by atoms with Gasteiger partial charge in [0, 0.05) is 26.8 Å². The molecule has 1 saturated carbocycles. The van der Waals surface area contributed by atoms with Crippen LogP contribution in [0.2, 0.25) is 0 Å². The summed E-state index contributed by atoms with van der Waals surface area (Å²) in [5, 5.41) is 3.89. The second kappa shape index (κ2) is 6.20. The number of methoxy groups -OCH3 is 1. The molecule has 112 valence electrons. The molecule has 0 radical (unpaired) electrons. The Labute approximate surface area is 119 Å². The molecule has 0 amide bonds. The molecule has 0 N–H and O–H groups in total. The highest BCUT2D eigenvalue weighted by molar-refractivity contribution is 4.98. The van der Waals surface area contributed by atoms with E-state index in [1.54, 1.807) is 7.11 Å². The van der Waals surface area contributed by atoms with E-state index in [1.165, 1.54) is 12.8 Å². The van der Waals surface area contributed by atoms with Gasteiger partial charge in [-0.05, 0) is 32.1 Å². The molecule has 2 fully saturated rings. The molecule has 1 saturated heterocycles. The SMILES string of the molecule is CO[C@@H]1C[C@H](c2nc(C)no2)N(CCOCC2CC2)C1. The minimum atomic E-state index is 0.158. The lowest BCUT2D eigenvalue weighted by Crippen LogP contribution is -2.29. The van der Waals surface area contributed by atoms with Gasteiger partial charge < -0.3 is 14.0 Å². The second-order valence-corrected chi connectivity index (χ2v) is 5.80. The highest BCUT2D eigenvalue weighted by Crippen LogP contribution is 2.32. The van der Waals surface area contributed by atoms with Crippen LogP contribution in [0.4, 0.5) is 0 Å². The number of ether oxygens (including phenoxy) is 2. The van der Waals surface area contributed by atoms with E-state index in [2.05, 4.69) is 15.0 Å². The molecule has 1 aliphatic heterocycles. The van der Waals surface area contributed by atoms with Crippen molar-refractivity contribution in [3.63, 3.8) is 0 Å². The highest BCUT2D eigenvalue weighted by atomic mass is 16.5. The predicted octanol–water partition coefficient (Wildman–Crippen LogP) is 1.57. The van der Waals surface area contributed by atoms with Gasteiger partial charge in [-0.25, -0.2) is 0 Å². The average Bonchev–Trinajstić information content (AvgIpc) is 3.02. The van der Waals surface area contributed by atoms with Crippen LogP contribution in [-0.2, 0) is 9.47 Å². The zero-order valence-electron chi connectivity index (χ0n) is 12.2. The van der Waals surface area contributed by atoms with E-state index in [1.807, 2.05) is 6.92 Å². The van der Waals surface area contributed by atoms with Crippen molar-refractivity contribution in [1.29, 1.82) is 0 Å². The Morgan fingerprint density at radius 3 is 2.90 bits per heavy atom. The Kier molecular flexibility index (Phi) is 4.33. The Balaban J connectivity index is 1.54. The van der Waals surface area contributed by atoms with E-state index in [0.717, 1.165) is 38.6 Å². The van der Waals surface area contributed by atoms with Crippen LogP contribution < -0.4 is 0 Å². The topological polar surface area (TPSA) is 60.6 Å². The molecular formula is C14H23N3O3. The first-order valence-corrected chi connectivity index (χ1v) is 7.41. The van der Waals surface area contributed by atoms with Crippen LogP contribution >= 0.6 is 0 Å². The van der Waals surface area contributed by atoms with Crippen molar-refractivity contribution < 1.29 is 14.0 Å². The fourth-order valence-corrected chi connectivity index (χ4v) is 2.70. The second-order valence-electron chi connectivity index (χ2n) is 5.80. The number of rotatable bonds is 7. The largest absolute Gasteiger partial charge is 0.380 e. The Bertz CT molecular complexity index is 433. The van der Waals surface area contributed by atoms with Crippen LogP contribution in [-0.4, -0.2) is 54.6 Å². The van der Waals surface area contributed by atoms with Crippen molar-refractivity contribution >= 4 is 0 Å². The van der Waals surface area contributed by atoms with Gasteiger partial charge in [0.05, 0.1) is 18.8 Å². The molecule has 2 aliphatic rings. The standard InChI is InChI=1S/C14H23N3O3/c1-10-15-14(20-16-10)13-7-12(18-2)8-17(13)5-6-19-9-11-3-4-11/h11-13H,3-9H2,1-2H3/t12-,13-/m1/s1. The van der Waals surface area contributed by atoms with Crippen LogP contribution in [0, 0.1) is 12.8 Å². The third-order valence-corrected chi connectivity index (χ3v) is 4.10. The quantitative estimate of drug-likeness (QED) is 0.707. The van der Waals surface area contributed by atoms with Gasteiger partial charge in [0.25, 0.3) is 0 Å². The summed E-state index contributed by atoms with van der Waals surface area (Å²) in [6, 6.07) is 0.158. The molecule has 6 heteroatoms. The molecule has 1 aromatic heterocycles. The van der Waals surface area contributed by atoms with Crippen molar-refractivity contribution in [2.24, 2.45) is 5.92 Å². The van der Waals surface area contributed by atoms with E-state index in [4.69, 9.17) is 14.0 Å². The molecule has 20 heavy (non-hydrogen) atoms. The van der Waals surface area contributed by atoms with Crippen molar-refractivity contribution in [3.05, 3.63) is 11.7 Å². The fourth-order valence-electron chi connectivity index (χ4n) is 2.70. The average molecular weight is 281 g/mol. The summed E-state index contributed by atoms with van der Waals surface area (Å²) in [7, 11) is 1.76. The van der Waals surface area contributed by atoms with Crippen molar-refractivity contribution in [1.82, 2.24) is 15.0 Å². The zero-order chi connectivity index (χ0) is 13.9. The molecule has 3 rings (SSSR count). The molecular weight excluding hydrogens is 258 g/mol. The van der Waals surface area contributed by atoms with Crippen LogP contribution in [0.5, 0.6) is 0 Å². The lowest BCUT2D eigenvalue weighted by atomic mass is 10.2. The molecule has 0 spiro atoms. The van der Waals surface area contributed by atoms with E-state index in [0.29, 0.717) is 11.7 Å². The zero-order valence-corrected chi connectivity index (χ0v) is 12.2. The molecule has 1 aliphatic carbocycles. The summed E-state index contributed by atoms with van der Waals surface area (Å²) >= 11 is 0. The lowest BCUT2D eigenvalue weighted by molar-refractivity contribution is 0.0778. The molecule has 0 unspecified atom stereocenters. The molecule has 2 atom stereocenters. The van der Waals surface area contributed by atoms with E-state index in [9.17, 15) is 0 Å². The Morgan fingerprint density at radius 2 is 2.25 bits per heavy atom. The summed E-state index contributed by atoms with van der Waals surface area (Å²) in [4.78, 5) is 6.69. The Morgan fingerprint density at radius 1 is 1.40 bits per heavy atom. The molecule has 0 aromatic carbocycles. The van der Waals surface area contributed by atoms with Crippen LogP contribution in [0.25, 0.3) is 0 Å². The monoisotopic (exact) mass is 281 g/mol. The minimum Gasteiger partial charge on any atom is -0.380 e. The van der Waals surface area contributed by atoms with Gasteiger partial charge >= 0.3 is 0 Å². The van der Waals surface area contributed by atoms with Gasteiger partial charge in [0.2, 0.25) is 5.89 Å². The maximum absolute atomic E-state index is 5.73. The maximum atomic E-state index is 5.73. The van der Waals surface area contributed by atoms with Gasteiger partial charge in [-0.2, -0.15) is 4.98 Å². The number of nitrogens with zero attached hydrogens (tertiary/aromatic N) is 3. The summed E-state index contributed by atoms with van der Waals surface area (Å²) in [5.41, 5.74) is 0. The summed E-state index contributed by atoms with van der Waals surface area (Å²) in [6.45, 7) is 5.30. The van der Waals surface area contributed by atoms with Crippen LogP contribution in [0.3, 0.4) is 0 Å². The lowest BCUT2D eigenvalue weighted by Gasteiger charge is -2.20. The van der Waals surface area contributed by atoms with Gasteiger partial charge in [-0.15, -0.1) is 0 Å². The number of aromatic nitrogens is 2. The van der Waals surface area contributed by atoms with Crippen LogP contribution in [0.1, 0.15) is 37.0 Å². The Hall–Kier alpha value is -0.980. The van der Waals surface area contributed by atoms with Crippen LogP contribution in [0.15, 0.2) is 4.52 Å². The number of hydrogen-bond acceptors (Lipinski definition) is 6. The maximum Gasteiger partial charge on any atom is 0.244 e. The predicted molar refractivity (Wildman–Crippen MR) is 72.3 cm³/mol. The number of hydrogen-bond donors (Lipinski definition) is 0. The first kappa shape index (κ1) is 14.0. The molecule has 6 nitrogen and oxygen atoms in total. The van der Waals surface area contributed by atoms with Crippen molar-refractivity contribution in [3.8, 4) is 0 Å². The third kappa shape index (κ3) is 3.37. The minimum absolute atomic E-state index is 0.158. The van der Waals surface area contributed by atoms with Crippen molar-refractivity contribution in [2.45, 2.75) is 38.3 Å². The van der Waals surface area contributed by atoms with Gasteiger partial charge in [-0.3, -0.25) is 4.90 Å². The van der Waals surface area contributed by atoms with Gasteiger partial charge in [0.1, 0.15) is 0 Å². The highest BCUT2D eigenvalue weighted by Gasteiger charge is 2.36. The van der Waals surface area contributed by atoms with E-state index < -0.39 is 0 Å². The summed E-state index contributed by atoms with van der Waals surface area (Å²) < 4.78 is 16.5. The molecule has 2 heterocycles. The normalized spacial score (nSPS) is 27.3. The third-order valence-electron chi connectivity index (χ3n) is 4.10. The fraction of sp³-hybridized carbons (Fsp3) is 0.857. The van der Waals surface area contributed by atoms with Crippen molar-refractivity contribution in [2.75, 3.05) is 33.4 Å². The first-order chi connectivity index (χ1) is 9.76. The number of aryl methyl sites for hydroxylation is 1. The van der Waals surface area contributed by atoms with E-state index in [-0.39, 0.29) is 12.1 Å². The first-order valence-electron chi connectivity index (χ1n) is 7.41. The number of likely N-dealkylation sites (tertiary alicyclic amines) is 1. The summed E-state index contributed by atoms with van der Waals surface area (Å²) in [5.74, 6) is 2.20. The van der Waals surface area contributed by atoms with Gasteiger partial charge in [0.15, 0.2) is 5.82 Å². The smallest absolute Gasteiger partial charge is 0.244 e. The summed E-state index contributed by atoms with van der Waals surface area (Å²) in [6.07, 6.45) is 3.80. The molecule has 1 aromatic rings. The van der Waals surface area contributed by atoms with E-state index >= 15 is 0 Å².